The Morgan fingerprint density at radius 2 is 2.11 bits per heavy atom. The number of para-hydroxylation sites is 1. The van der Waals surface area contributed by atoms with Crippen LogP contribution in [0.4, 0.5) is 5.69 Å². The first-order chi connectivity index (χ1) is 9.10. The van der Waals surface area contributed by atoms with Gasteiger partial charge in [0.2, 0.25) is 0 Å². The number of nitro benzene ring substituents is 1. The average molecular weight is 266 g/mol. The summed E-state index contributed by atoms with van der Waals surface area (Å²) in [4.78, 5) is 22.0. The van der Waals surface area contributed by atoms with Crippen molar-refractivity contribution in [3.63, 3.8) is 0 Å². The number of rotatable bonds is 7. The maximum atomic E-state index is 11.6. The van der Waals surface area contributed by atoms with Crippen molar-refractivity contribution < 1.29 is 14.5 Å². The van der Waals surface area contributed by atoms with Crippen LogP contribution in [0.3, 0.4) is 0 Å². The minimum Gasteiger partial charge on any atom is -0.465 e. The van der Waals surface area contributed by atoms with Gasteiger partial charge in [0.1, 0.15) is 6.04 Å². The molecular weight excluding hydrogens is 248 g/mol. The summed E-state index contributed by atoms with van der Waals surface area (Å²) in [6.07, 6.45) is 0.569. The van der Waals surface area contributed by atoms with E-state index < -0.39 is 11.0 Å². The maximum absolute atomic E-state index is 11.6. The molecule has 0 aromatic heterocycles. The van der Waals surface area contributed by atoms with Crippen LogP contribution in [0.5, 0.6) is 0 Å². The minimum atomic E-state index is -0.445. The van der Waals surface area contributed by atoms with Crippen LogP contribution < -0.4 is 5.32 Å². The third-order valence-corrected chi connectivity index (χ3v) is 2.71. The summed E-state index contributed by atoms with van der Waals surface area (Å²) in [6, 6.07) is 6.02. The lowest BCUT2D eigenvalue weighted by Gasteiger charge is -2.15. The number of nitro groups is 1. The van der Waals surface area contributed by atoms with Crippen molar-refractivity contribution >= 4 is 11.7 Å². The molecule has 0 saturated heterocycles. The Morgan fingerprint density at radius 3 is 2.68 bits per heavy atom. The molecule has 1 N–H and O–H groups in total. The van der Waals surface area contributed by atoms with Crippen LogP contribution in [0.25, 0.3) is 0 Å². The molecule has 1 aromatic carbocycles. The lowest BCUT2D eigenvalue weighted by Crippen LogP contribution is -2.37. The van der Waals surface area contributed by atoms with Gasteiger partial charge in [-0.3, -0.25) is 14.9 Å². The molecule has 0 amide bonds. The molecular formula is C13H18N2O4. The summed E-state index contributed by atoms with van der Waals surface area (Å²) in [7, 11) is 0. The molecule has 6 nitrogen and oxygen atoms in total. The second-order valence-electron chi connectivity index (χ2n) is 3.98. The molecule has 0 spiro atoms. The molecule has 0 fully saturated rings. The monoisotopic (exact) mass is 266 g/mol. The number of nitrogens with zero attached hydrogens (tertiary/aromatic N) is 1. The Labute approximate surface area is 111 Å². The largest absolute Gasteiger partial charge is 0.465 e. The molecule has 1 unspecified atom stereocenters. The second-order valence-corrected chi connectivity index (χ2v) is 3.98. The Hall–Kier alpha value is -1.95. The summed E-state index contributed by atoms with van der Waals surface area (Å²) in [5, 5.41) is 13.8. The van der Waals surface area contributed by atoms with Gasteiger partial charge >= 0.3 is 5.97 Å². The van der Waals surface area contributed by atoms with Gasteiger partial charge < -0.3 is 10.1 Å². The molecule has 0 aliphatic carbocycles. The van der Waals surface area contributed by atoms with E-state index in [-0.39, 0.29) is 18.2 Å². The predicted octanol–water partition coefficient (Wildman–Crippen LogP) is 2.03. The summed E-state index contributed by atoms with van der Waals surface area (Å²) in [5.41, 5.74) is 0.601. The van der Waals surface area contributed by atoms with E-state index in [9.17, 15) is 14.9 Å². The molecule has 0 bridgehead atoms. The molecule has 0 heterocycles. The van der Waals surface area contributed by atoms with E-state index in [0.717, 1.165) is 0 Å². The standard InChI is InChI=1S/C13H18N2O4/c1-3-11(13(16)19-4-2)14-9-10-7-5-6-8-12(10)15(17)18/h5-8,11,14H,3-4,9H2,1-2H3. The zero-order chi connectivity index (χ0) is 14.3. The zero-order valence-electron chi connectivity index (χ0n) is 11.1. The first-order valence-electron chi connectivity index (χ1n) is 6.22. The van der Waals surface area contributed by atoms with Crippen LogP contribution in [-0.4, -0.2) is 23.5 Å². The zero-order valence-corrected chi connectivity index (χ0v) is 11.1. The molecule has 0 aliphatic heterocycles. The Kier molecular flexibility index (Phi) is 5.95. The molecule has 1 atom stereocenters. The van der Waals surface area contributed by atoms with Crippen molar-refractivity contribution in [1.82, 2.24) is 5.32 Å². The minimum absolute atomic E-state index is 0.0497. The summed E-state index contributed by atoms with van der Waals surface area (Å²) in [5.74, 6) is -0.330. The van der Waals surface area contributed by atoms with E-state index in [0.29, 0.717) is 18.6 Å². The van der Waals surface area contributed by atoms with Gasteiger partial charge in [-0.05, 0) is 13.3 Å². The van der Waals surface area contributed by atoms with Crippen LogP contribution in [0.1, 0.15) is 25.8 Å². The highest BCUT2D eigenvalue weighted by Gasteiger charge is 2.19. The first kappa shape index (κ1) is 15.1. The van der Waals surface area contributed by atoms with Crippen molar-refractivity contribution in [2.24, 2.45) is 0 Å². The number of hydrogen-bond acceptors (Lipinski definition) is 5. The van der Waals surface area contributed by atoms with Crippen molar-refractivity contribution in [3.05, 3.63) is 39.9 Å². The first-order valence-corrected chi connectivity index (χ1v) is 6.22. The van der Waals surface area contributed by atoms with Gasteiger partial charge in [0.05, 0.1) is 11.5 Å². The number of carbonyl (C=O) groups is 1. The fourth-order valence-electron chi connectivity index (χ4n) is 1.71. The number of ether oxygens (including phenoxy) is 1. The molecule has 0 saturated carbocycles. The molecule has 1 rings (SSSR count). The molecule has 0 radical (unpaired) electrons. The molecule has 0 aliphatic rings. The van der Waals surface area contributed by atoms with Gasteiger partial charge in [-0.1, -0.05) is 25.1 Å². The molecule has 104 valence electrons. The predicted molar refractivity (Wildman–Crippen MR) is 70.6 cm³/mol. The van der Waals surface area contributed by atoms with Crippen molar-refractivity contribution in [3.8, 4) is 0 Å². The second kappa shape index (κ2) is 7.48. The highest BCUT2D eigenvalue weighted by Crippen LogP contribution is 2.17. The highest BCUT2D eigenvalue weighted by atomic mass is 16.6. The van der Waals surface area contributed by atoms with E-state index in [1.807, 2.05) is 6.92 Å². The molecule has 1 aromatic rings. The van der Waals surface area contributed by atoms with E-state index >= 15 is 0 Å². The highest BCUT2D eigenvalue weighted by molar-refractivity contribution is 5.75. The maximum Gasteiger partial charge on any atom is 0.323 e. The number of hydrogen-bond donors (Lipinski definition) is 1. The van der Waals surface area contributed by atoms with Gasteiger partial charge in [-0.2, -0.15) is 0 Å². The van der Waals surface area contributed by atoms with Crippen LogP contribution in [0.2, 0.25) is 0 Å². The van der Waals surface area contributed by atoms with Gasteiger partial charge in [0, 0.05) is 18.2 Å². The summed E-state index contributed by atoms with van der Waals surface area (Å²) >= 11 is 0. The number of benzene rings is 1. The fraction of sp³-hybridized carbons (Fsp3) is 0.462. The van der Waals surface area contributed by atoms with E-state index in [2.05, 4.69) is 5.32 Å². The average Bonchev–Trinajstić information content (AvgIpc) is 2.40. The SMILES string of the molecule is CCOC(=O)C(CC)NCc1ccccc1[N+](=O)[O-]. The van der Waals surface area contributed by atoms with Crippen LogP contribution in [-0.2, 0) is 16.1 Å². The molecule has 6 heteroatoms. The van der Waals surface area contributed by atoms with Gasteiger partial charge in [-0.15, -0.1) is 0 Å². The Bertz CT molecular complexity index is 448. The quantitative estimate of drug-likeness (QED) is 0.464. The van der Waals surface area contributed by atoms with Crippen LogP contribution in [0, 0.1) is 10.1 Å². The number of nitrogens with one attached hydrogen (secondary N) is 1. The van der Waals surface area contributed by atoms with E-state index in [1.54, 1.807) is 25.1 Å². The lowest BCUT2D eigenvalue weighted by atomic mass is 10.1. The van der Waals surface area contributed by atoms with Gasteiger partial charge in [-0.25, -0.2) is 0 Å². The van der Waals surface area contributed by atoms with Gasteiger partial charge in [0.25, 0.3) is 5.69 Å². The van der Waals surface area contributed by atoms with Gasteiger partial charge in [0.15, 0.2) is 0 Å². The summed E-state index contributed by atoms with van der Waals surface area (Å²) in [6.45, 7) is 4.18. The smallest absolute Gasteiger partial charge is 0.323 e. The number of carbonyl (C=O) groups excluding carboxylic acids is 1. The summed E-state index contributed by atoms with van der Waals surface area (Å²) < 4.78 is 4.93. The normalized spacial score (nSPS) is 11.9. The van der Waals surface area contributed by atoms with Crippen molar-refractivity contribution in [2.75, 3.05) is 6.61 Å². The molecule has 19 heavy (non-hydrogen) atoms. The lowest BCUT2D eigenvalue weighted by molar-refractivity contribution is -0.385. The Balaban J connectivity index is 2.70. The third kappa shape index (κ3) is 4.33. The van der Waals surface area contributed by atoms with Crippen molar-refractivity contribution in [2.45, 2.75) is 32.9 Å². The fourth-order valence-corrected chi connectivity index (χ4v) is 1.71. The van der Waals surface area contributed by atoms with Crippen LogP contribution in [0.15, 0.2) is 24.3 Å². The van der Waals surface area contributed by atoms with E-state index in [4.69, 9.17) is 4.74 Å². The van der Waals surface area contributed by atoms with Crippen molar-refractivity contribution in [1.29, 1.82) is 0 Å². The topological polar surface area (TPSA) is 81.5 Å². The van der Waals surface area contributed by atoms with E-state index in [1.165, 1.54) is 6.07 Å². The number of esters is 1. The third-order valence-electron chi connectivity index (χ3n) is 2.71. The Morgan fingerprint density at radius 1 is 1.42 bits per heavy atom. The van der Waals surface area contributed by atoms with Crippen LogP contribution >= 0.6 is 0 Å².